The van der Waals surface area contributed by atoms with E-state index in [1.165, 1.54) is 0 Å². The highest BCUT2D eigenvalue weighted by atomic mass is 19.4. The van der Waals surface area contributed by atoms with Crippen LogP contribution in [0.25, 0.3) is 0 Å². The first-order valence-electron chi connectivity index (χ1n) is 18.3. The predicted octanol–water partition coefficient (Wildman–Crippen LogP) is 8.78. The zero-order valence-corrected chi connectivity index (χ0v) is 31.0. The second-order valence-corrected chi connectivity index (χ2v) is 13.2. The number of benzene rings is 1. The van der Waals surface area contributed by atoms with Crippen molar-refractivity contribution in [3.8, 4) is 0 Å². The molecule has 0 radical (unpaired) electrons. The van der Waals surface area contributed by atoms with E-state index in [1.807, 2.05) is 17.9 Å². The molecule has 48 heavy (non-hydrogen) atoms. The fourth-order valence-electron chi connectivity index (χ4n) is 5.96. The van der Waals surface area contributed by atoms with Crippen molar-refractivity contribution in [1.29, 1.82) is 0 Å². The van der Waals surface area contributed by atoms with Gasteiger partial charge in [-0.1, -0.05) is 66.9 Å². The molecule has 0 bridgehead atoms. The highest BCUT2D eigenvalue weighted by molar-refractivity contribution is 5.95. The third kappa shape index (κ3) is 13.5. The normalized spacial score (nSPS) is 16.6. The summed E-state index contributed by atoms with van der Waals surface area (Å²) in [6.45, 7) is 18.9. The summed E-state index contributed by atoms with van der Waals surface area (Å²) < 4.78 is 43.4. The fourth-order valence-corrected chi connectivity index (χ4v) is 5.96. The van der Waals surface area contributed by atoms with Crippen LogP contribution in [0.5, 0.6) is 0 Å². The standard InChI is InChI=1S/C38H63F3N6O/c1-9-14-17-36(42-20-15-21-47(32(13-5)16-10-2)37(48)26-29(6)11-3)34(38(39,40)41)28-43-30(7)44-35-19-18-33(27-31(35)12-4)46-24-22-45(8)23-25-46/h17-19,27-29,32,42H,9-16,20-26H2,1-8H3,(H,43,44)/b34-28+,36-17-. The van der Waals surface area contributed by atoms with Crippen molar-refractivity contribution in [3.63, 3.8) is 0 Å². The second kappa shape index (κ2) is 21.2. The van der Waals surface area contributed by atoms with Gasteiger partial charge < -0.3 is 25.3 Å². The van der Waals surface area contributed by atoms with Gasteiger partial charge in [-0.2, -0.15) is 13.2 Å². The monoisotopic (exact) mass is 677 g/mol. The largest absolute Gasteiger partial charge is 0.419 e. The predicted molar refractivity (Wildman–Crippen MR) is 197 cm³/mol. The first kappa shape index (κ1) is 41.2. The molecule has 1 fully saturated rings. The summed E-state index contributed by atoms with van der Waals surface area (Å²) in [6.07, 6.45) is 4.70. The van der Waals surface area contributed by atoms with Gasteiger partial charge in [0.2, 0.25) is 5.91 Å². The van der Waals surface area contributed by atoms with Crippen LogP contribution >= 0.6 is 0 Å². The van der Waals surface area contributed by atoms with Crippen molar-refractivity contribution >= 4 is 23.1 Å². The molecule has 0 aromatic heterocycles. The molecule has 1 saturated heterocycles. The minimum atomic E-state index is -4.60. The van der Waals surface area contributed by atoms with Crippen LogP contribution in [0.15, 0.2) is 46.7 Å². The van der Waals surface area contributed by atoms with Crippen LogP contribution in [0.2, 0.25) is 0 Å². The van der Waals surface area contributed by atoms with Crippen LogP contribution in [0.3, 0.4) is 0 Å². The molecule has 0 aliphatic carbocycles. The Morgan fingerprint density at radius 2 is 1.77 bits per heavy atom. The molecule has 10 heteroatoms. The van der Waals surface area contributed by atoms with Gasteiger partial charge >= 0.3 is 6.18 Å². The van der Waals surface area contributed by atoms with Gasteiger partial charge in [0.25, 0.3) is 0 Å². The number of allylic oxidation sites excluding steroid dienone is 2. The van der Waals surface area contributed by atoms with E-state index in [1.54, 1.807) is 13.0 Å². The number of amidine groups is 1. The zero-order valence-electron chi connectivity index (χ0n) is 31.0. The number of amides is 1. The number of carbonyl (C=O) groups is 1. The van der Waals surface area contributed by atoms with Crippen LogP contribution < -0.4 is 15.5 Å². The van der Waals surface area contributed by atoms with E-state index >= 15 is 0 Å². The van der Waals surface area contributed by atoms with Gasteiger partial charge in [0.15, 0.2) is 0 Å². The minimum Gasteiger partial charge on any atom is -0.385 e. The molecule has 1 aliphatic heterocycles. The molecule has 1 aromatic carbocycles. The summed E-state index contributed by atoms with van der Waals surface area (Å²) in [5.41, 5.74) is 2.33. The zero-order chi connectivity index (χ0) is 35.7. The summed E-state index contributed by atoms with van der Waals surface area (Å²) >= 11 is 0. The van der Waals surface area contributed by atoms with E-state index in [4.69, 9.17) is 0 Å². The van der Waals surface area contributed by atoms with Crippen LogP contribution in [0.1, 0.15) is 105 Å². The van der Waals surface area contributed by atoms with E-state index in [-0.39, 0.29) is 17.6 Å². The number of piperazine rings is 1. The van der Waals surface area contributed by atoms with Crippen LogP contribution in [-0.2, 0) is 11.2 Å². The van der Waals surface area contributed by atoms with Gasteiger partial charge in [0.1, 0.15) is 5.84 Å². The Kier molecular flexibility index (Phi) is 18.1. The molecule has 2 N–H and O–H groups in total. The lowest BCUT2D eigenvalue weighted by atomic mass is 10.0. The van der Waals surface area contributed by atoms with Gasteiger partial charge in [0.05, 0.1) is 5.57 Å². The molecular weight excluding hydrogens is 613 g/mol. The lowest BCUT2D eigenvalue weighted by molar-refractivity contribution is -0.134. The third-order valence-corrected chi connectivity index (χ3v) is 9.24. The smallest absolute Gasteiger partial charge is 0.385 e. The lowest BCUT2D eigenvalue weighted by Gasteiger charge is -2.34. The van der Waals surface area contributed by atoms with Gasteiger partial charge in [0, 0.05) is 75.0 Å². The number of hydrogen-bond acceptors (Lipinski definition) is 5. The van der Waals surface area contributed by atoms with Crippen molar-refractivity contribution in [2.75, 3.05) is 56.5 Å². The van der Waals surface area contributed by atoms with Crippen LogP contribution in [-0.4, -0.2) is 80.1 Å². The summed E-state index contributed by atoms with van der Waals surface area (Å²) in [5.74, 6) is 0.819. The Bertz CT molecular complexity index is 1200. The number of halogens is 3. The second-order valence-electron chi connectivity index (χ2n) is 13.2. The lowest BCUT2D eigenvalue weighted by Crippen LogP contribution is -2.44. The van der Waals surface area contributed by atoms with Gasteiger partial charge in [-0.05, 0) is 75.8 Å². The minimum absolute atomic E-state index is 0.0322. The van der Waals surface area contributed by atoms with E-state index in [9.17, 15) is 18.0 Å². The number of aryl methyl sites for hydroxylation is 1. The van der Waals surface area contributed by atoms with E-state index < -0.39 is 11.7 Å². The maximum atomic E-state index is 14.5. The molecule has 1 amide bonds. The average Bonchev–Trinajstić information content (AvgIpc) is 3.05. The van der Waals surface area contributed by atoms with Gasteiger partial charge in [-0.25, -0.2) is 4.99 Å². The summed E-state index contributed by atoms with van der Waals surface area (Å²) in [6, 6.07) is 6.37. The van der Waals surface area contributed by atoms with Crippen molar-refractivity contribution in [2.24, 2.45) is 10.9 Å². The van der Waals surface area contributed by atoms with Crippen LogP contribution in [0.4, 0.5) is 24.5 Å². The number of anilines is 2. The quantitative estimate of drug-likeness (QED) is 0.0664. The molecule has 1 aliphatic rings. The number of rotatable bonds is 19. The molecule has 0 spiro atoms. The topological polar surface area (TPSA) is 63.2 Å². The number of carbonyl (C=O) groups excluding carboxylic acids is 1. The molecule has 7 nitrogen and oxygen atoms in total. The first-order valence-corrected chi connectivity index (χ1v) is 18.3. The molecule has 2 unspecified atom stereocenters. The maximum Gasteiger partial charge on any atom is 0.419 e. The highest BCUT2D eigenvalue weighted by Crippen LogP contribution is 2.31. The Balaban J connectivity index is 2.21. The Morgan fingerprint density at radius 1 is 1.06 bits per heavy atom. The molecule has 272 valence electrons. The Morgan fingerprint density at radius 3 is 2.35 bits per heavy atom. The van der Waals surface area contributed by atoms with Crippen molar-refractivity contribution in [3.05, 3.63) is 47.3 Å². The van der Waals surface area contributed by atoms with E-state index in [0.717, 1.165) is 87.8 Å². The molecule has 1 aromatic rings. The molecular formula is C38H63F3N6O. The Hall–Kier alpha value is -3.01. The number of aliphatic imine (C=N–C) groups is 1. The number of unbranched alkanes of at least 4 members (excludes halogenated alkanes) is 1. The number of hydrogen-bond donors (Lipinski definition) is 2. The summed E-state index contributed by atoms with van der Waals surface area (Å²) in [4.78, 5) is 24.1. The number of likely N-dealkylation sites (N-methyl/N-ethyl adjacent to an activating group) is 1. The number of alkyl halides is 3. The van der Waals surface area contributed by atoms with Gasteiger partial charge in [-0.3, -0.25) is 4.79 Å². The first-order chi connectivity index (χ1) is 22.9. The fraction of sp³-hybridized carbons (Fsp3) is 0.684. The highest BCUT2D eigenvalue weighted by Gasteiger charge is 2.36. The summed E-state index contributed by atoms with van der Waals surface area (Å²) in [7, 11) is 2.13. The SMILES string of the molecule is CCC/C=C(NCCCN(C(=O)CC(C)CC)C(CC)CCC)/C(=C\N=C(C)Nc1ccc(N2CCN(C)CC2)cc1CC)C(F)(F)F. The average molecular weight is 677 g/mol. The number of nitrogens with one attached hydrogen (secondary N) is 2. The molecule has 2 atom stereocenters. The number of nitrogens with zero attached hydrogens (tertiary/aromatic N) is 4. The van der Waals surface area contributed by atoms with Crippen molar-refractivity contribution in [1.82, 2.24) is 15.1 Å². The van der Waals surface area contributed by atoms with E-state index in [0.29, 0.717) is 44.1 Å². The van der Waals surface area contributed by atoms with Gasteiger partial charge in [-0.15, -0.1) is 0 Å². The van der Waals surface area contributed by atoms with Crippen molar-refractivity contribution in [2.45, 2.75) is 118 Å². The third-order valence-electron chi connectivity index (χ3n) is 9.24. The maximum absolute atomic E-state index is 14.5. The summed E-state index contributed by atoms with van der Waals surface area (Å²) in [5, 5.41) is 6.31. The van der Waals surface area contributed by atoms with E-state index in [2.05, 4.69) is 79.2 Å². The molecule has 1 heterocycles. The van der Waals surface area contributed by atoms with Crippen LogP contribution in [0, 0.1) is 5.92 Å². The molecule has 0 saturated carbocycles. The Labute approximate surface area is 289 Å². The molecule has 2 rings (SSSR count). The van der Waals surface area contributed by atoms with Crippen molar-refractivity contribution < 1.29 is 18.0 Å².